The van der Waals surface area contributed by atoms with E-state index in [0.717, 1.165) is 71.7 Å². The van der Waals surface area contributed by atoms with E-state index < -0.39 is 0 Å². The fraction of sp³-hybridized carbons (Fsp3) is 0.708. The van der Waals surface area contributed by atoms with Gasteiger partial charge >= 0.3 is 0 Å². The summed E-state index contributed by atoms with van der Waals surface area (Å²) in [5.41, 5.74) is 1.43. The molecule has 1 amide bonds. The summed E-state index contributed by atoms with van der Waals surface area (Å²) in [6.07, 6.45) is 2.95. The lowest BCUT2D eigenvalue weighted by molar-refractivity contribution is -0.126. The van der Waals surface area contributed by atoms with Crippen molar-refractivity contribution in [3.63, 3.8) is 0 Å². The molecule has 2 heterocycles. The Hall–Kier alpha value is -1.43. The molecule has 5 heteroatoms. The fourth-order valence-electron chi connectivity index (χ4n) is 4.82. The SMILES string of the molecule is CC(C)CC(C)C(=O)NCC1(N2CCN(Cc3ccccc3)CC2)CCOCC1. The first-order chi connectivity index (χ1) is 14.0. The second-order valence-corrected chi connectivity index (χ2v) is 9.33. The van der Waals surface area contributed by atoms with E-state index >= 15 is 0 Å². The molecular formula is C24H39N3O2. The Morgan fingerprint density at radius 1 is 1.07 bits per heavy atom. The number of rotatable bonds is 8. The Balaban J connectivity index is 1.55. The van der Waals surface area contributed by atoms with E-state index in [-0.39, 0.29) is 17.4 Å². The molecule has 1 aromatic carbocycles. The minimum absolute atomic E-state index is 0.0459. The molecule has 1 aromatic rings. The number of piperazine rings is 1. The van der Waals surface area contributed by atoms with Gasteiger partial charge in [-0.1, -0.05) is 51.1 Å². The molecule has 162 valence electrons. The summed E-state index contributed by atoms with van der Waals surface area (Å²) in [7, 11) is 0. The Kier molecular flexibility index (Phi) is 8.10. The van der Waals surface area contributed by atoms with Gasteiger partial charge in [0.05, 0.1) is 0 Å². The molecule has 0 radical (unpaired) electrons. The summed E-state index contributed by atoms with van der Waals surface area (Å²) >= 11 is 0. The summed E-state index contributed by atoms with van der Waals surface area (Å²) in [5.74, 6) is 0.826. The van der Waals surface area contributed by atoms with Gasteiger partial charge in [0.25, 0.3) is 0 Å². The van der Waals surface area contributed by atoms with E-state index in [4.69, 9.17) is 4.74 Å². The van der Waals surface area contributed by atoms with Crippen molar-refractivity contribution < 1.29 is 9.53 Å². The standard InChI is InChI=1S/C24H39N3O2/c1-20(2)17-21(3)23(28)25-19-24(9-15-29-16-10-24)27-13-11-26(12-14-27)18-22-7-5-4-6-8-22/h4-8,20-21H,9-19H2,1-3H3,(H,25,28). The van der Waals surface area contributed by atoms with Crippen LogP contribution in [0, 0.1) is 11.8 Å². The minimum atomic E-state index is 0.0459. The van der Waals surface area contributed by atoms with Gasteiger partial charge in [0.1, 0.15) is 0 Å². The van der Waals surface area contributed by atoms with Crippen LogP contribution in [0.5, 0.6) is 0 Å². The minimum Gasteiger partial charge on any atom is -0.381 e. The Morgan fingerprint density at radius 2 is 1.72 bits per heavy atom. The fourth-order valence-corrected chi connectivity index (χ4v) is 4.82. The topological polar surface area (TPSA) is 44.8 Å². The molecule has 0 aromatic heterocycles. The highest BCUT2D eigenvalue weighted by Gasteiger charge is 2.40. The van der Waals surface area contributed by atoms with Crippen LogP contribution in [0.4, 0.5) is 0 Å². The van der Waals surface area contributed by atoms with E-state index in [1.165, 1.54) is 5.56 Å². The average Bonchev–Trinajstić information content (AvgIpc) is 2.73. The van der Waals surface area contributed by atoms with Crippen LogP contribution in [0.15, 0.2) is 30.3 Å². The first kappa shape index (κ1) is 22.3. The number of hydrogen-bond donors (Lipinski definition) is 1. The molecule has 2 aliphatic heterocycles. The van der Waals surface area contributed by atoms with Crippen LogP contribution in [-0.4, -0.2) is 67.2 Å². The largest absolute Gasteiger partial charge is 0.381 e. The van der Waals surface area contributed by atoms with E-state index in [2.05, 4.69) is 59.3 Å². The number of carbonyl (C=O) groups excluding carboxylic acids is 1. The van der Waals surface area contributed by atoms with Crippen LogP contribution in [0.25, 0.3) is 0 Å². The van der Waals surface area contributed by atoms with E-state index in [9.17, 15) is 4.79 Å². The predicted octanol–water partition coefficient (Wildman–Crippen LogP) is 3.15. The molecule has 1 atom stereocenters. The van der Waals surface area contributed by atoms with Gasteiger partial charge in [-0.25, -0.2) is 0 Å². The first-order valence-corrected chi connectivity index (χ1v) is 11.4. The summed E-state index contributed by atoms with van der Waals surface area (Å²) in [5, 5.41) is 3.30. The van der Waals surface area contributed by atoms with Crippen molar-refractivity contribution in [2.45, 2.75) is 52.1 Å². The summed E-state index contributed by atoms with van der Waals surface area (Å²) in [4.78, 5) is 17.8. The smallest absolute Gasteiger partial charge is 0.222 e. The molecule has 29 heavy (non-hydrogen) atoms. The number of carbonyl (C=O) groups is 1. The van der Waals surface area contributed by atoms with E-state index in [1.807, 2.05) is 6.92 Å². The second kappa shape index (κ2) is 10.6. The number of amides is 1. The summed E-state index contributed by atoms with van der Waals surface area (Å²) in [6, 6.07) is 10.7. The molecule has 0 bridgehead atoms. The van der Waals surface area contributed by atoms with Crippen molar-refractivity contribution >= 4 is 5.91 Å². The van der Waals surface area contributed by atoms with Gasteiger partial charge in [-0.2, -0.15) is 0 Å². The average molecular weight is 402 g/mol. The van der Waals surface area contributed by atoms with Crippen molar-refractivity contribution in [1.29, 1.82) is 0 Å². The van der Waals surface area contributed by atoms with Gasteiger partial charge in [0.2, 0.25) is 5.91 Å². The van der Waals surface area contributed by atoms with Gasteiger partial charge in [0, 0.05) is 63.9 Å². The van der Waals surface area contributed by atoms with Gasteiger partial charge < -0.3 is 10.1 Å². The van der Waals surface area contributed by atoms with Crippen LogP contribution < -0.4 is 5.32 Å². The summed E-state index contributed by atoms with van der Waals surface area (Å²) in [6.45, 7) is 14.0. The second-order valence-electron chi connectivity index (χ2n) is 9.33. The van der Waals surface area contributed by atoms with Crippen LogP contribution in [-0.2, 0) is 16.1 Å². The molecular weight excluding hydrogens is 362 g/mol. The number of nitrogens with one attached hydrogen (secondary N) is 1. The molecule has 3 rings (SSSR count). The molecule has 2 saturated heterocycles. The molecule has 0 aliphatic carbocycles. The van der Waals surface area contributed by atoms with Gasteiger partial charge in [-0.3, -0.25) is 14.6 Å². The molecule has 0 saturated carbocycles. The van der Waals surface area contributed by atoms with Gasteiger partial charge in [0.15, 0.2) is 0 Å². The van der Waals surface area contributed by atoms with Crippen LogP contribution in [0.2, 0.25) is 0 Å². The third-order valence-corrected chi connectivity index (χ3v) is 6.58. The maximum absolute atomic E-state index is 12.6. The quantitative estimate of drug-likeness (QED) is 0.727. The number of ether oxygens (including phenoxy) is 1. The Bertz CT molecular complexity index is 620. The monoisotopic (exact) mass is 401 g/mol. The zero-order valence-electron chi connectivity index (χ0n) is 18.5. The van der Waals surface area contributed by atoms with Crippen LogP contribution >= 0.6 is 0 Å². The van der Waals surface area contributed by atoms with Crippen LogP contribution in [0.1, 0.15) is 45.6 Å². The molecule has 2 aliphatic rings. The maximum Gasteiger partial charge on any atom is 0.222 e. The predicted molar refractivity (Wildman–Crippen MR) is 118 cm³/mol. The normalized spacial score (nSPS) is 21.8. The molecule has 5 nitrogen and oxygen atoms in total. The number of hydrogen-bond acceptors (Lipinski definition) is 4. The zero-order chi connectivity index (χ0) is 20.7. The maximum atomic E-state index is 12.6. The van der Waals surface area contributed by atoms with Crippen molar-refractivity contribution in [1.82, 2.24) is 15.1 Å². The van der Waals surface area contributed by atoms with Crippen molar-refractivity contribution in [3.8, 4) is 0 Å². The number of nitrogens with zero attached hydrogens (tertiary/aromatic N) is 2. The molecule has 0 spiro atoms. The third kappa shape index (κ3) is 6.27. The van der Waals surface area contributed by atoms with Gasteiger partial charge in [-0.05, 0) is 30.7 Å². The van der Waals surface area contributed by atoms with Crippen molar-refractivity contribution in [3.05, 3.63) is 35.9 Å². The highest BCUT2D eigenvalue weighted by atomic mass is 16.5. The highest BCUT2D eigenvalue weighted by Crippen LogP contribution is 2.29. The highest BCUT2D eigenvalue weighted by molar-refractivity contribution is 5.78. The lowest BCUT2D eigenvalue weighted by Gasteiger charge is -2.49. The van der Waals surface area contributed by atoms with E-state index in [1.54, 1.807) is 0 Å². The first-order valence-electron chi connectivity index (χ1n) is 11.4. The van der Waals surface area contributed by atoms with Crippen LogP contribution in [0.3, 0.4) is 0 Å². The Morgan fingerprint density at radius 3 is 2.34 bits per heavy atom. The molecule has 1 unspecified atom stereocenters. The van der Waals surface area contributed by atoms with Crippen molar-refractivity contribution in [2.75, 3.05) is 45.9 Å². The third-order valence-electron chi connectivity index (χ3n) is 6.58. The van der Waals surface area contributed by atoms with E-state index in [0.29, 0.717) is 5.92 Å². The van der Waals surface area contributed by atoms with Gasteiger partial charge in [-0.15, -0.1) is 0 Å². The lowest BCUT2D eigenvalue weighted by Crippen LogP contribution is -2.63. The Labute approximate surface area is 176 Å². The number of benzene rings is 1. The zero-order valence-corrected chi connectivity index (χ0v) is 18.5. The molecule has 1 N–H and O–H groups in total. The lowest BCUT2D eigenvalue weighted by atomic mass is 9.86. The summed E-state index contributed by atoms with van der Waals surface area (Å²) < 4.78 is 5.67. The van der Waals surface area contributed by atoms with Crippen molar-refractivity contribution in [2.24, 2.45) is 11.8 Å². The molecule has 2 fully saturated rings.